The van der Waals surface area contributed by atoms with E-state index in [0.717, 1.165) is 10.8 Å². The monoisotopic (exact) mass is 492 g/mol. The van der Waals surface area contributed by atoms with Crippen LogP contribution >= 0.6 is 15.9 Å². The third-order valence-corrected chi connectivity index (χ3v) is 5.37. The number of esters is 1. The topological polar surface area (TPSA) is 69.4 Å². The zero-order valence-electron chi connectivity index (χ0n) is 16.2. The maximum Gasteiger partial charge on any atom is 0.433 e. The molecule has 1 atom stereocenters. The predicted molar refractivity (Wildman–Crippen MR) is 110 cm³/mol. The molecule has 6 nitrogen and oxygen atoms in total. The van der Waals surface area contributed by atoms with E-state index in [9.17, 15) is 18.0 Å². The number of pyridine rings is 1. The number of hydrogen-bond donors (Lipinski definition) is 0. The molecule has 4 rings (SSSR count). The van der Waals surface area contributed by atoms with Crippen molar-refractivity contribution in [2.24, 2.45) is 4.99 Å². The van der Waals surface area contributed by atoms with E-state index >= 15 is 0 Å². The first kappa shape index (κ1) is 21.2. The number of aromatic nitrogens is 3. The van der Waals surface area contributed by atoms with Gasteiger partial charge in [0.2, 0.25) is 0 Å². The molecule has 3 aromatic rings. The molecule has 31 heavy (non-hydrogen) atoms. The number of alkyl halides is 3. The lowest BCUT2D eigenvalue weighted by molar-refractivity contribution is -0.143. The van der Waals surface area contributed by atoms with Gasteiger partial charge in [0.1, 0.15) is 17.6 Å². The Labute approximate surface area is 183 Å². The van der Waals surface area contributed by atoms with E-state index in [0.29, 0.717) is 21.4 Å². The summed E-state index contributed by atoms with van der Waals surface area (Å²) in [7, 11) is 1.26. The molecule has 0 fully saturated rings. The molecule has 0 spiro atoms. The normalized spacial score (nSPS) is 15.5. The summed E-state index contributed by atoms with van der Waals surface area (Å²) >= 11 is 3.40. The van der Waals surface area contributed by atoms with Crippen LogP contribution in [0.15, 0.2) is 58.3 Å². The first-order valence-electron chi connectivity index (χ1n) is 9.30. The summed E-state index contributed by atoms with van der Waals surface area (Å²) < 4.78 is 48.0. The van der Waals surface area contributed by atoms with Crippen molar-refractivity contribution in [2.75, 3.05) is 7.11 Å². The zero-order valence-corrected chi connectivity index (χ0v) is 17.8. The van der Waals surface area contributed by atoms with Gasteiger partial charge in [-0.2, -0.15) is 13.2 Å². The Morgan fingerprint density at radius 2 is 2.03 bits per heavy atom. The summed E-state index contributed by atoms with van der Waals surface area (Å²) in [5.41, 5.74) is 0.771. The molecule has 0 bridgehead atoms. The number of fused-ring (bicyclic) bond motifs is 3. The molecule has 0 unspecified atom stereocenters. The Morgan fingerprint density at radius 1 is 1.23 bits per heavy atom. The Balaban J connectivity index is 1.98. The van der Waals surface area contributed by atoms with Gasteiger partial charge in [-0.1, -0.05) is 22.0 Å². The van der Waals surface area contributed by atoms with Crippen molar-refractivity contribution in [3.63, 3.8) is 0 Å². The molecule has 3 heterocycles. The summed E-state index contributed by atoms with van der Waals surface area (Å²) in [6.07, 6.45) is -2.13. The number of rotatable bonds is 4. The second kappa shape index (κ2) is 8.26. The fourth-order valence-corrected chi connectivity index (χ4v) is 3.85. The van der Waals surface area contributed by atoms with Crippen LogP contribution in [0.25, 0.3) is 5.69 Å². The number of halogens is 4. The molecule has 2 aromatic heterocycles. The van der Waals surface area contributed by atoms with Gasteiger partial charge in [-0.05, 0) is 36.8 Å². The first-order valence-corrected chi connectivity index (χ1v) is 10.1. The van der Waals surface area contributed by atoms with E-state index in [1.54, 1.807) is 42.6 Å². The number of imidazole rings is 1. The number of benzene rings is 1. The van der Waals surface area contributed by atoms with Crippen LogP contribution in [0, 0.1) is 0 Å². The summed E-state index contributed by atoms with van der Waals surface area (Å²) in [6.45, 7) is 0. The maximum atomic E-state index is 13.8. The van der Waals surface area contributed by atoms with Gasteiger partial charge in [0.15, 0.2) is 0 Å². The second-order valence-corrected chi connectivity index (χ2v) is 7.74. The van der Waals surface area contributed by atoms with Crippen LogP contribution in [-0.2, 0) is 15.7 Å². The quantitative estimate of drug-likeness (QED) is 0.486. The average molecular weight is 493 g/mol. The molecule has 0 saturated heterocycles. The van der Waals surface area contributed by atoms with Gasteiger partial charge in [-0.3, -0.25) is 19.3 Å². The Bertz CT molecular complexity index is 1160. The minimum atomic E-state index is -4.63. The number of aliphatic imine (C=N–C) groups is 1. The lowest BCUT2D eigenvalue weighted by Crippen LogP contribution is -2.16. The number of methoxy groups -OCH3 is 1. The van der Waals surface area contributed by atoms with Crippen LogP contribution in [0.4, 0.5) is 13.2 Å². The maximum absolute atomic E-state index is 13.8. The standard InChI is InChI=1S/C21H16BrF3N4O2/c1-31-18(30)8-6-15-20-27-11-17(21(23,24)25)29(20)16-7-5-12(22)10-13(16)19(28-15)14-4-2-3-9-26-14/h2-5,7,9-11,15H,6,8H2,1H3/t15-/m0/s1. The zero-order chi connectivity index (χ0) is 22.2. The lowest BCUT2D eigenvalue weighted by atomic mass is 10.0. The summed E-state index contributed by atoms with van der Waals surface area (Å²) in [6, 6.07) is 9.39. The second-order valence-electron chi connectivity index (χ2n) is 6.82. The van der Waals surface area contributed by atoms with Crippen LogP contribution in [0.3, 0.4) is 0 Å². The van der Waals surface area contributed by atoms with E-state index in [4.69, 9.17) is 9.73 Å². The minimum Gasteiger partial charge on any atom is -0.469 e. The first-order chi connectivity index (χ1) is 14.8. The molecule has 160 valence electrons. The van der Waals surface area contributed by atoms with Gasteiger partial charge in [0.05, 0.1) is 30.4 Å². The van der Waals surface area contributed by atoms with Gasteiger partial charge in [-0.25, -0.2) is 4.98 Å². The van der Waals surface area contributed by atoms with Crippen molar-refractivity contribution < 1.29 is 22.7 Å². The van der Waals surface area contributed by atoms with E-state index in [-0.39, 0.29) is 24.4 Å². The smallest absolute Gasteiger partial charge is 0.433 e. The molecule has 0 saturated carbocycles. The highest BCUT2D eigenvalue weighted by atomic mass is 79.9. The fraction of sp³-hybridized carbons (Fsp3) is 0.238. The number of ether oxygens (including phenoxy) is 1. The van der Waals surface area contributed by atoms with E-state index in [2.05, 4.69) is 25.9 Å². The van der Waals surface area contributed by atoms with Gasteiger partial charge in [0.25, 0.3) is 0 Å². The lowest BCUT2D eigenvalue weighted by Gasteiger charge is -2.17. The van der Waals surface area contributed by atoms with E-state index in [1.807, 2.05) is 0 Å². The molecule has 0 N–H and O–H groups in total. The van der Waals surface area contributed by atoms with Gasteiger partial charge >= 0.3 is 12.1 Å². The minimum absolute atomic E-state index is 0.0194. The third-order valence-electron chi connectivity index (χ3n) is 4.87. The molecule has 1 aromatic carbocycles. The van der Waals surface area contributed by atoms with E-state index in [1.165, 1.54) is 7.11 Å². The van der Waals surface area contributed by atoms with Crippen LogP contribution in [0.2, 0.25) is 0 Å². The molecule has 0 amide bonds. The van der Waals surface area contributed by atoms with Crippen molar-refractivity contribution in [3.8, 4) is 5.69 Å². The van der Waals surface area contributed by atoms with Crippen molar-refractivity contribution >= 4 is 27.6 Å². The Morgan fingerprint density at radius 3 is 2.71 bits per heavy atom. The van der Waals surface area contributed by atoms with Crippen LogP contribution < -0.4 is 0 Å². The van der Waals surface area contributed by atoms with Crippen LogP contribution in [0.5, 0.6) is 0 Å². The summed E-state index contributed by atoms with van der Waals surface area (Å²) in [5, 5.41) is 0. The van der Waals surface area contributed by atoms with Crippen LogP contribution in [0.1, 0.15) is 41.7 Å². The van der Waals surface area contributed by atoms with Crippen molar-refractivity contribution in [3.05, 3.63) is 76.0 Å². The largest absolute Gasteiger partial charge is 0.469 e. The van der Waals surface area contributed by atoms with Crippen LogP contribution in [-0.4, -0.2) is 33.3 Å². The molecular weight excluding hydrogens is 477 g/mol. The average Bonchev–Trinajstić information content (AvgIpc) is 3.15. The molecule has 1 aliphatic rings. The highest BCUT2D eigenvalue weighted by Gasteiger charge is 2.39. The van der Waals surface area contributed by atoms with Crippen molar-refractivity contribution in [1.29, 1.82) is 0 Å². The van der Waals surface area contributed by atoms with Gasteiger partial charge in [0, 0.05) is 22.7 Å². The van der Waals surface area contributed by atoms with Gasteiger partial charge < -0.3 is 4.74 Å². The molecule has 10 heteroatoms. The highest BCUT2D eigenvalue weighted by molar-refractivity contribution is 9.10. The predicted octanol–water partition coefficient (Wildman–Crippen LogP) is 4.89. The fourth-order valence-electron chi connectivity index (χ4n) is 3.49. The number of carbonyl (C=O) groups excluding carboxylic acids is 1. The SMILES string of the molecule is COC(=O)CC[C@@H]1N=C(c2ccccn2)c2cc(Br)ccc2-n2c(C(F)(F)F)cnc21. The van der Waals surface area contributed by atoms with Crippen molar-refractivity contribution in [2.45, 2.75) is 25.1 Å². The molecule has 0 radical (unpaired) electrons. The Kier molecular flexibility index (Phi) is 5.65. The highest BCUT2D eigenvalue weighted by Crippen LogP contribution is 2.39. The Hall–Kier alpha value is -3.01. The molecule has 1 aliphatic heterocycles. The summed E-state index contributed by atoms with van der Waals surface area (Å²) in [5.74, 6) is -0.376. The molecule has 0 aliphatic carbocycles. The number of carbonyl (C=O) groups is 1. The van der Waals surface area contributed by atoms with Gasteiger partial charge in [-0.15, -0.1) is 0 Å². The molecular formula is C21H16BrF3N4O2. The van der Waals surface area contributed by atoms with Crippen molar-refractivity contribution in [1.82, 2.24) is 14.5 Å². The van der Waals surface area contributed by atoms with E-state index < -0.39 is 23.9 Å². The number of nitrogens with zero attached hydrogens (tertiary/aromatic N) is 4. The third kappa shape index (κ3) is 4.12. The summed E-state index contributed by atoms with van der Waals surface area (Å²) in [4.78, 5) is 24.9. The number of hydrogen-bond acceptors (Lipinski definition) is 5.